The summed E-state index contributed by atoms with van der Waals surface area (Å²) in [5, 5.41) is 11.1. The summed E-state index contributed by atoms with van der Waals surface area (Å²) in [5.74, 6) is 1.14. The zero-order chi connectivity index (χ0) is 23.9. The van der Waals surface area contributed by atoms with Gasteiger partial charge in [-0.2, -0.15) is 23.7 Å². The van der Waals surface area contributed by atoms with E-state index in [-0.39, 0.29) is 27.4 Å². The van der Waals surface area contributed by atoms with E-state index in [2.05, 4.69) is 20.1 Å². The number of benzene rings is 2. The van der Waals surface area contributed by atoms with Gasteiger partial charge in [0.1, 0.15) is 35.4 Å². The highest BCUT2D eigenvalue weighted by molar-refractivity contribution is 7.98. The molecule has 0 saturated carbocycles. The minimum absolute atomic E-state index is 0.0312. The summed E-state index contributed by atoms with van der Waals surface area (Å²) in [7, 11) is 1.58. The number of nitrogens with two attached hydrogens (primary N) is 1. The Kier molecular flexibility index (Phi) is 6.34. The minimum atomic E-state index is -4.60. The summed E-state index contributed by atoms with van der Waals surface area (Å²) in [6, 6.07) is 8.87. The van der Waals surface area contributed by atoms with Crippen molar-refractivity contribution in [1.29, 1.82) is 0 Å². The molecule has 2 aromatic carbocycles. The van der Waals surface area contributed by atoms with Crippen molar-refractivity contribution >= 4 is 47.4 Å². The van der Waals surface area contributed by atoms with E-state index >= 15 is 0 Å². The number of anilines is 1. The average Bonchev–Trinajstić information content (AvgIpc) is 3.38. The van der Waals surface area contributed by atoms with Gasteiger partial charge in [-0.05, 0) is 30.5 Å². The Morgan fingerprint density at radius 3 is 2.33 bits per heavy atom. The van der Waals surface area contributed by atoms with Gasteiger partial charge in [-0.15, -0.1) is 11.8 Å². The quantitative estimate of drug-likeness (QED) is 0.351. The number of halogens is 5. The number of methoxy groups -OCH3 is 1. The Bertz CT molecular complexity index is 1300. The van der Waals surface area contributed by atoms with Crippen LogP contribution in [-0.2, 0) is 6.18 Å². The topological polar surface area (TPSA) is 94.6 Å². The molecule has 0 amide bonds. The van der Waals surface area contributed by atoms with E-state index in [0.717, 1.165) is 17.6 Å². The molecule has 0 aliphatic heterocycles. The molecule has 0 unspecified atom stereocenters. The van der Waals surface area contributed by atoms with Crippen LogP contribution < -0.4 is 10.5 Å². The van der Waals surface area contributed by atoms with Crippen LogP contribution >= 0.6 is 35.0 Å². The van der Waals surface area contributed by atoms with Crippen molar-refractivity contribution in [1.82, 2.24) is 24.8 Å². The molecule has 3 N–H and O–H groups in total. The van der Waals surface area contributed by atoms with Gasteiger partial charge in [0.2, 0.25) is 0 Å². The zero-order valence-electron chi connectivity index (χ0n) is 17.1. The first-order valence-corrected chi connectivity index (χ1v) is 11.3. The highest BCUT2D eigenvalue weighted by atomic mass is 35.5. The Hall–Kier alpha value is -2.70. The van der Waals surface area contributed by atoms with Crippen molar-refractivity contribution in [3.05, 3.63) is 52.0 Å². The number of hydrogen-bond acceptors (Lipinski definition) is 6. The summed E-state index contributed by atoms with van der Waals surface area (Å²) in [4.78, 5) is 5.10. The first kappa shape index (κ1) is 23.5. The maximum Gasteiger partial charge on any atom is 0.416 e. The SMILES string of the molecule is COc1ccc(-[b-]2nc(-c3nn(-c4c(Cl)cc(C(F)(F)F)cc4Cl)c(N)c3SC)n[nH]2)cc1. The Labute approximate surface area is 200 Å². The molecule has 7 nitrogen and oxygen atoms in total. The van der Waals surface area contributed by atoms with Crippen molar-refractivity contribution in [2.24, 2.45) is 0 Å². The van der Waals surface area contributed by atoms with Crippen LogP contribution in [0.1, 0.15) is 5.56 Å². The second kappa shape index (κ2) is 8.92. The van der Waals surface area contributed by atoms with Crippen molar-refractivity contribution in [3.63, 3.8) is 0 Å². The number of thioether (sulfide) groups is 1. The lowest BCUT2D eigenvalue weighted by atomic mass is 9.80. The van der Waals surface area contributed by atoms with Crippen LogP contribution in [0.4, 0.5) is 19.0 Å². The molecule has 0 bridgehead atoms. The van der Waals surface area contributed by atoms with Crippen LogP contribution in [0, 0.1) is 0 Å². The maximum atomic E-state index is 13.1. The number of nitrogens with zero attached hydrogens (tertiary/aromatic N) is 4. The third kappa shape index (κ3) is 4.42. The first-order chi connectivity index (χ1) is 15.6. The molecular formula is C19H15BCl2F3N6OS-. The number of aromatic nitrogens is 5. The molecule has 0 spiro atoms. The molecule has 0 aliphatic carbocycles. The lowest BCUT2D eigenvalue weighted by Crippen LogP contribution is -2.08. The lowest BCUT2D eigenvalue weighted by molar-refractivity contribution is -0.137. The average molecular weight is 514 g/mol. The number of aromatic amines is 1. The summed E-state index contributed by atoms with van der Waals surface area (Å²) in [6.45, 7) is -0.453. The zero-order valence-corrected chi connectivity index (χ0v) is 19.4. The smallest absolute Gasteiger partial charge is 0.416 e. The maximum absolute atomic E-state index is 13.1. The number of H-pyrrole nitrogens is 1. The monoisotopic (exact) mass is 513 g/mol. The third-order valence-corrected chi connectivity index (χ3v) is 6.21. The molecule has 33 heavy (non-hydrogen) atoms. The lowest BCUT2D eigenvalue weighted by Gasteiger charge is -2.13. The third-order valence-electron chi connectivity index (χ3n) is 4.82. The number of rotatable bonds is 5. The van der Waals surface area contributed by atoms with Crippen LogP contribution in [0.5, 0.6) is 5.75 Å². The van der Waals surface area contributed by atoms with Crippen molar-refractivity contribution in [3.8, 4) is 28.4 Å². The van der Waals surface area contributed by atoms with Crippen molar-refractivity contribution < 1.29 is 17.9 Å². The van der Waals surface area contributed by atoms with Gasteiger partial charge in [0, 0.05) is 0 Å². The molecule has 2 aromatic heterocycles. The molecule has 172 valence electrons. The predicted octanol–water partition coefficient (Wildman–Crippen LogP) is 5.31. The Morgan fingerprint density at radius 1 is 1.15 bits per heavy atom. The fourth-order valence-electron chi connectivity index (χ4n) is 3.22. The second-order valence-corrected chi connectivity index (χ2v) is 8.47. The van der Waals surface area contributed by atoms with Gasteiger partial charge >= 0.3 is 6.18 Å². The fourth-order valence-corrected chi connectivity index (χ4v) is 4.49. The van der Waals surface area contributed by atoms with Crippen LogP contribution in [0.15, 0.2) is 41.3 Å². The number of alkyl halides is 3. The molecule has 0 saturated heterocycles. The first-order valence-electron chi connectivity index (χ1n) is 9.31. The second-order valence-electron chi connectivity index (χ2n) is 6.83. The summed E-state index contributed by atoms with van der Waals surface area (Å²) in [6.07, 6.45) is -2.82. The van der Waals surface area contributed by atoms with Crippen molar-refractivity contribution in [2.75, 3.05) is 19.1 Å². The molecule has 0 fully saturated rings. The van der Waals surface area contributed by atoms with Gasteiger partial charge in [0.15, 0.2) is 0 Å². The molecule has 0 aliphatic rings. The fraction of sp³-hybridized carbons (Fsp3) is 0.158. The van der Waals surface area contributed by atoms with E-state index in [4.69, 9.17) is 33.7 Å². The van der Waals surface area contributed by atoms with Gasteiger partial charge in [-0.1, -0.05) is 35.3 Å². The largest absolute Gasteiger partial charge is 0.497 e. The van der Waals surface area contributed by atoms with E-state index in [9.17, 15) is 13.2 Å². The molecule has 4 rings (SSSR count). The Morgan fingerprint density at radius 2 is 1.79 bits per heavy atom. The van der Waals surface area contributed by atoms with Gasteiger partial charge < -0.3 is 20.4 Å². The molecule has 0 radical (unpaired) electrons. The molecule has 2 heterocycles. The number of hydrogen-bond donors (Lipinski definition) is 2. The van der Waals surface area contributed by atoms with Crippen LogP contribution in [0.2, 0.25) is 10.0 Å². The van der Waals surface area contributed by atoms with Gasteiger partial charge in [-0.25, -0.2) is 9.78 Å². The summed E-state index contributed by atoms with van der Waals surface area (Å²) in [5.41, 5.74) is 6.51. The van der Waals surface area contributed by atoms with Gasteiger partial charge in [0.25, 0.3) is 0 Å². The normalized spacial score (nSPS) is 11.7. The van der Waals surface area contributed by atoms with E-state index < -0.39 is 18.4 Å². The van der Waals surface area contributed by atoms with Crippen molar-refractivity contribution in [2.45, 2.75) is 11.1 Å². The van der Waals surface area contributed by atoms with Gasteiger partial charge in [0.05, 0.1) is 27.6 Å². The predicted molar refractivity (Wildman–Crippen MR) is 124 cm³/mol. The minimum Gasteiger partial charge on any atom is -0.497 e. The van der Waals surface area contributed by atoms with E-state index in [0.29, 0.717) is 16.3 Å². The number of nitrogen functional groups attached to an aromatic ring is 1. The van der Waals surface area contributed by atoms with E-state index in [1.54, 1.807) is 25.5 Å². The molecule has 14 heteroatoms. The van der Waals surface area contributed by atoms with Crippen LogP contribution in [-0.4, -0.2) is 44.8 Å². The highest BCUT2D eigenvalue weighted by Gasteiger charge is 2.33. The van der Waals surface area contributed by atoms with Crippen LogP contribution in [0.3, 0.4) is 0 Å². The molecule has 4 aromatic rings. The van der Waals surface area contributed by atoms with E-state index in [1.807, 2.05) is 12.1 Å². The number of ether oxygens (including phenoxy) is 1. The summed E-state index contributed by atoms with van der Waals surface area (Å²) < 4.78 is 45.7. The molecular weight excluding hydrogens is 499 g/mol. The summed E-state index contributed by atoms with van der Waals surface area (Å²) >= 11 is 13.6. The number of nitrogens with one attached hydrogen (secondary N) is 1. The van der Waals surface area contributed by atoms with Crippen LogP contribution in [0.25, 0.3) is 22.7 Å². The molecule has 0 atom stereocenters. The van der Waals surface area contributed by atoms with Gasteiger partial charge in [-0.3, -0.25) is 0 Å². The Balaban J connectivity index is 1.79. The standard InChI is InChI=1S/C19H15BCl2F3N6OS/c1-32-11-5-3-10(4-6-11)20-27-18(28-30-20)14-16(33-2)17(26)31(29-14)15-12(21)7-9(8-13(15)22)19(23,24)25/h3-8,30H,26H2,1-2H3/q-1. The van der Waals surface area contributed by atoms with E-state index in [1.165, 1.54) is 16.4 Å². The highest BCUT2D eigenvalue weighted by Crippen LogP contribution is 2.41.